The Morgan fingerprint density at radius 2 is 2.06 bits per heavy atom. The highest BCUT2D eigenvalue weighted by Crippen LogP contribution is 2.27. The molecule has 84 valence electrons. The zero-order valence-corrected chi connectivity index (χ0v) is 10.1. The SMILES string of the molecule is N#Cc1c(-c2cc(Br)ccc2F)cc[nH]c1=O. The lowest BCUT2D eigenvalue weighted by Gasteiger charge is -2.05. The van der Waals surface area contributed by atoms with Crippen LogP contribution >= 0.6 is 15.9 Å². The minimum Gasteiger partial charge on any atom is -0.328 e. The number of pyridine rings is 1. The quantitative estimate of drug-likeness (QED) is 0.879. The second-order valence-corrected chi connectivity index (χ2v) is 4.25. The standard InChI is InChI=1S/C12H6BrFN2O/c13-7-1-2-11(14)9(5-7)8-3-4-16-12(17)10(8)6-15/h1-5H,(H,16,17). The molecule has 0 amide bonds. The van der Waals surface area contributed by atoms with Gasteiger partial charge in [0.25, 0.3) is 5.56 Å². The predicted octanol–water partition coefficient (Wildman–Crippen LogP) is 2.82. The third-order valence-electron chi connectivity index (χ3n) is 2.29. The fourth-order valence-corrected chi connectivity index (χ4v) is 1.88. The zero-order chi connectivity index (χ0) is 12.4. The second kappa shape index (κ2) is 4.52. The molecule has 3 nitrogen and oxygen atoms in total. The first-order chi connectivity index (χ1) is 8.13. The van der Waals surface area contributed by atoms with Crippen molar-refractivity contribution < 1.29 is 4.39 Å². The van der Waals surface area contributed by atoms with Gasteiger partial charge in [0, 0.05) is 21.8 Å². The van der Waals surface area contributed by atoms with Crippen molar-refractivity contribution in [2.45, 2.75) is 0 Å². The number of nitrogens with zero attached hydrogens (tertiary/aromatic N) is 1. The highest BCUT2D eigenvalue weighted by atomic mass is 79.9. The molecular weight excluding hydrogens is 287 g/mol. The number of hydrogen-bond donors (Lipinski definition) is 1. The first-order valence-electron chi connectivity index (χ1n) is 4.70. The van der Waals surface area contributed by atoms with E-state index >= 15 is 0 Å². The van der Waals surface area contributed by atoms with Gasteiger partial charge in [0.2, 0.25) is 0 Å². The van der Waals surface area contributed by atoms with Crippen LogP contribution in [0, 0.1) is 17.1 Å². The second-order valence-electron chi connectivity index (χ2n) is 3.33. The molecule has 17 heavy (non-hydrogen) atoms. The third-order valence-corrected chi connectivity index (χ3v) is 2.78. The van der Waals surface area contributed by atoms with E-state index in [-0.39, 0.29) is 16.7 Å². The van der Waals surface area contributed by atoms with Crippen molar-refractivity contribution in [2.75, 3.05) is 0 Å². The molecule has 5 heteroatoms. The van der Waals surface area contributed by atoms with E-state index in [4.69, 9.17) is 5.26 Å². The van der Waals surface area contributed by atoms with Crippen LogP contribution in [0.25, 0.3) is 11.1 Å². The Hall–Kier alpha value is -1.93. The monoisotopic (exact) mass is 292 g/mol. The van der Waals surface area contributed by atoms with Crippen molar-refractivity contribution in [1.82, 2.24) is 4.98 Å². The van der Waals surface area contributed by atoms with E-state index in [1.807, 2.05) is 0 Å². The molecule has 0 spiro atoms. The van der Waals surface area contributed by atoms with Crippen molar-refractivity contribution in [2.24, 2.45) is 0 Å². The van der Waals surface area contributed by atoms with E-state index in [0.717, 1.165) is 0 Å². The van der Waals surface area contributed by atoms with Crippen molar-refractivity contribution >= 4 is 15.9 Å². The number of halogens is 2. The van der Waals surface area contributed by atoms with Gasteiger partial charge >= 0.3 is 0 Å². The lowest BCUT2D eigenvalue weighted by Crippen LogP contribution is -2.10. The van der Waals surface area contributed by atoms with Crippen molar-refractivity contribution in [3.8, 4) is 17.2 Å². The number of H-pyrrole nitrogens is 1. The first-order valence-corrected chi connectivity index (χ1v) is 5.50. The molecule has 0 bridgehead atoms. The molecule has 0 aliphatic rings. The lowest BCUT2D eigenvalue weighted by atomic mass is 10.0. The molecule has 1 heterocycles. The van der Waals surface area contributed by atoms with Crippen molar-refractivity contribution in [3.63, 3.8) is 0 Å². The van der Waals surface area contributed by atoms with E-state index in [9.17, 15) is 9.18 Å². The molecule has 1 N–H and O–H groups in total. The van der Waals surface area contributed by atoms with Gasteiger partial charge in [-0.05, 0) is 24.3 Å². The molecule has 0 radical (unpaired) electrons. The van der Waals surface area contributed by atoms with Crippen LogP contribution in [-0.4, -0.2) is 4.98 Å². The van der Waals surface area contributed by atoms with Gasteiger partial charge in [-0.2, -0.15) is 5.26 Å². The van der Waals surface area contributed by atoms with E-state index in [1.54, 1.807) is 12.1 Å². The molecule has 1 aromatic heterocycles. The van der Waals surface area contributed by atoms with Crippen LogP contribution in [0.5, 0.6) is 0 Å². The molecule has 2 rings (SSSR count). The van der Waals surface area contributed by atoms with Crippen LogP contribution in [-0.2, 0) is 0 Å². The highest BCUT2D eigenvalue weighted by molar-refractivity contribution is 9.10. The molecule has 0 aliphatic carbocycles. The summed E-state index contributed by atoms with van der Waals surface area (Å²) in [5.41, 5.74) is -0.106. The van der Waals surface area contributed by atoms with Gasteiger partial charge in [0.1, 0.15) is 17.4 Å². The summed E-state index contributed by atoms with van der Waals surface area (Å²) in [5, 5.41) is 8.92. The summed E-state index contributed by atoms with van der Waals surface area (Å²) in [4.78, 5) is 13.8. The summed E-state index contributed by atoms with van der Waals surface area (Å²) >= 11 is 3.22. The molecule has 0 fully saturated rings. The third kappa shape index (κ3) is 2.12. The maximum absolute atomic E-state index is 13.7. The van der Waals surface area contributed by atoms with Gasteiger partial charge in [-0.15, -0.1) is 0 Å². The van der Waals surface area contributed by atoms with Gasteiger partial charge < -0.3 is 4.98 Å². The fourth-order valence-electron chi connectivity index (χ4n) is 1.52. The van der Waals surface area contributed by atoms with E-state index in [0.29, 0.717) is 4.47 Å². The van der Waals surface area contributed by atoms with Gasteiger partial charge in [-0.1, -0.05) is 15.9 Å². The molecular formula is C12H6BrFN2O. The Morgan fingerprint density at radius 1 is 1.29 bits per heavy atom. The van der Waals surface area contributed by atoms with E-state index in [1.165, 1.54) is 24.4 Å². The van der Waals surface area contributed by atoms with Crippen LogP contribution < -0.4 is 5.56 Å². The Labute approximate surface area is 105 Å². The maximum atomic E-state index is 13.7. The van der Waals surface area contributed by atoms with Gasteiger partial charge in [0.05, 0.1) is 0 Å². The summed E-state index contributed by atoms with van der Waals surface area (Å²) in [6.07, 6.45) is 1.39. The normalized spacial score (nSPS) is 9.94. The van der Waals surface area contributed by atoms with E-state index < -0.39 is 11.4 Å². The number of nitrogens with one attached hydrogen (secondary N) is 1. The van der Waals surface area contributed by atoms with Crippen molar-refractivity contribution in [3.05, 3.63) is 56.7 Å². The van der Waals surface area contributed by atoms with Crippen LogP contribution in [0.4, 0.5) is 4.39 Å². The Morgan fingerprint density at radius 3 is 2.76 bits per heavy atom. The molecule has 0 saturated carbocycles. The van der Waals surface area contributed by atoms with Crippen LogP contribution in [0.1, 0.15) is 5.56 Å². The Bertz CT molecular complexity index is 673. The van der Waals surface area contributed by atoms with Gasteiger partial charge in [-0.25, -0.2) is 4.39 Å². The maximum Gasteiger partial charge on any atom is 0.266 e. The van der Waals surface area contributed by atoms with Crippen LogP contribution in [0.15, 0.2) is 39.7 Å². The lowest BCUT2D eigenvalue weighted by molar-refractivity contribution is 0.631. The average Bonchev–Trinajstić information content (AvgIpc) is 2.32. The Balaban J connectivity index is 2.78. The topological polar surface area (TPSA) is 56.6 Å². The van der Waals surface area contributed by atoms with Crippen LogP contribution in [0.3, 0.4) is 0 Å². The number of nitriles is 1. The predicted molar refractivity (Wildman–Crippen MR) is 64.9 cm³/mol. The largest absolute Gasteiger partial charge is 0.328 e. The molecule has 0 atom stereocenters. The Kier molecular flexibility index (Phi) is 3.07. The van der Waals surface area contributed by atoms with Crippen LogP contribution in [0.2, 0.25) is 0 Å². The number of rotatable bonds is 1. The number of aromatic amines is 1. The first kappa shape index (κ1) is 11.6. The van der Waals surface area contributed by atoms with E-state index in [2.05, 4.69) is 20.9 Å². The summed E-state index contributed by atoms with van der Waals surface area (Å²) in [6, 6.07) is 7.65. The number of aromatic nitrogens is 1. The molecule has 2 aromatic rings. The summed E-state index contributed by atoms with van der Waals surface area (Å²) in [5.74, 6) is -0.477. The minimum atomic E-state index is -0.524. The van der Waals surface area contributed by atoms with Gasteiger partial charge in [-0.3, -0.25) is 4.79 Å². The van der Waals surface area contributed by atoms with Crippen molar-refractivity contribution in [1.29, 1.82) is 5.26 Å². The molecule has 1 aromatic carbocycles. The molecule has 0 aliphatic heterocycles. The summed E-state index contributed by atoms with van der Waals surface area (Å²) < 4.78 is 14.3. The average molecular weight is 293 g/mol. The number of benzene rings is 1. The molecule has 0 unspecified atom stereocenters. The highest BCUT2D eigenvalue weighted by Gasteiger charge is 2.12. The molecule has 0 saturated heterocycles. The summed E-state index contributed by atoms with van der Waals surface area (Å²) in [6.45, 7) is 0. The van der Waals surface area contributed by atoms with Gasteiger partial charge in [0.15, 0.2) is 0 Å². The fraction of sp³-hybridized carbons (Fsp3) is 0. The number of hydrogen-bond acceptors (Lipinski definition) is 2. The summed E-state index contributed by atoms with van der Waals surface area (Å²) in [7, 11) is 0. The smallest absolute Gasteiger partial charge is 0.266 e. The minimum absolute atomic E-state index is 0.0931. The zero-order valence-electron chi connectivity index (χ0n) is 8.50.